The molecular formula is C22H26N8O2. The highest BCUT2D eigenvalue weighted by Crippen LogP contribution is 2.30. The Kier molecular flexibility index (Phi) is 6.67. The third-order valence-corrected chi connectivity index (χ3v) is 4.98. The molecule has 0 aromatic carbocycles. The van der Waals surface area contributed by atoms with Crippen LogP contribution in [0.3, 0.4) is 0 Å². The fourth-order valence-electron chi connectivity index (χ4n) is 3.38. The molecule has 1 saturated heterocycles. The first-order chi connectivity index (χ1) is 15.6. The van der Waals surface area contributed by atoms with Gasteiger partial charge in [-0.05, 0) is 37.6 Å². The minimum Gasteiger partial charge on any atom is -0.490 e. The molecule has 4 heterocycles. The zero-order valence-corrected chi connectivity index (χ0v) is 18.2. The van der Waals surface area contributed by atoms with Crippen molar-refractivity contribution in [2.24, 2.45) is 0 Å². The van der Waals surface area contributed by atoms with E-state index in [-0.39, 0.29) is 0 Å². The quantitative estimate of drug-likeness (QED) is 0.366. The zero-order valence-electron chi connectivity index (χ0n) is 18.2. The van der Waals surface area contributed by atoms with E-state index in [1.807, 2.05) is 38.1 Å². The number of pyridine rings is 2. The summed E-state index contributed by atoms with van der Waals surface area (Å²) in [7, 11) is 0. The van der Waals surface area contributed by atoms with Crippen LogP contribution in [0, 0.1) is 20.4 Å². The number of nitrogens with one attached hydrogen (secondary N) is 3. The number of aromatic nitrogens is 4. The van der Waals surface area contributed by atoms with Crippen molar-refractivity contribution < 1.29 is 9.47 Å². The second-order valence-corrected chi connectivity index (χ2v) is 7.42. The molecule has 3 aromatic rings. The standard InChI is InChI=1S/C22H26N8O2/c1-15-12-18(26-19-13-16(2)28-29-19)27-22(21(15)23-3)24-6-9-32-17-4-5-20(25-14-17)30-7-10-31-11-8-30/h4-5,12-14H,6-11H2,1-2H3,(H3,24,26,27,28,29). The number of hydrogen-bond donors (Lipinski definition) is 3. The van der Waals surface area contributed by atoms with E-state index >= 15 is 0 Å². The maximum absolute atomic E-state index is 7.50. The van der Waals surface area contributed by atoms with Gasteiger partial charge in [0.2, 0.25) is 5.69 Å². The lowest BCUT2D eigenvalue weighted by atomic mass is 10.2. The van der Waals surface area contributed by atoms with Crippen molar-refractivity contribution in [1.29, 1.82) is 0 Å². The van der Waals surface area contributed by atoms with E-state index in [1.54, 1.807) is 6.20 Å². The summed E-state index contributed by atoms with van der Waals surface area (Å²) < 4.78 is 11.2. The van der Waals surface area contributed by atoms with Gasteiger partial charge in [0.25, 0.3) is 0 Å². The van der Waals surface area contributed by atoms with Gasteiger partial charge in [-0.1, -0.05) is 0 Å². The molecular weight excluding hydrogens is 408 g/mol. The van der Waals surface area contributed by atoms with Crippen molar-refractivity contribution >= 4 is 29.0 Å². The maximum Gasteiger partial charge on any atom is 0.231 e. The molecule has 0 spiro atoms. The topological polar surface area (TPSA) is 105 Å². The van der Waals surface area contributed by atoms with Crippen LogP contribution in [-0.2, 0) is 4.74 Å². The average molecular weight is 435 g/mol. The Morgan fingerprint density at radius 3 is 2.75 bits per heavy atom. The summed E-state index contributed by atoms with van der Waals surface area (Å²) in [5.41, 5.74) is 2.27. The van der Waals surface area contributed by atoms with E-state index in [0.717, 1.165) is 43.4 Å². The van der Waals surface area contributed by atoms with E-state index in [4.69, 9.17) is 16.0 Å². The van der Waals surface area contributed by atoms with Crippen LogP contribution in [0.4, 0.5) is 29.0 Å². The molecule has 32 heavy (non-hydrogen) atoms. The third-order valence-electron chi connectivity index (χ3n) is 4.98. The van der Waals surface area contributed by atoms with Gasteiger partial charge in [0.05, 0.1) is 26.0 Å². The fourth-order valence-corrected chi connectivity index (χ4v) is 3.38. The van der Waals surface area contributed by atoms with Gasteiger partial charge < -0.3 is 25.0 Å². The molecule has 1 aliphatic heterocycles. The lowest BCUT2D eigenvalue weighted by Crippen LogP contribution is -2.36. The lowest BCUT2D eigenvalue weighted by Gasteiger charge is -2.27. The number of H-pyrrole nitrogens is 1. The Hall–Kier alpha value is -3.84. The van der Waals surface area contributed by atoms with E-state index in [2.05, 4.69) is 40.5 Å². The molecule has 166 valence electrons. The predicted octanol–water partition coefficient (Wildman–Crippen LogP) is 3.44. The SMILES string of the molecule is [C-]#[N+]c1c(C)cc(Nc2cc(C)[nH]n2)nc1NCCOc1ccc(N2CCOCC2)nc1. The number of rotatable bonds is 8. The number of aryl methyl sites for hydroxylation is 2. The summed E-state index contributed by atoms with van der Waals surface area (Å²) in [6, 6.07) is 7.60. The second-order valence-electron chi connectivity index (χ2n) is 7.42. The number of ether oxygens (including phenoxy) is 2. The van der Waals surface area contributed by atoms with E-state index in [0.29, 0.717) is 42.0 Å². The monoisotopic (exact) mass is 434 g/mol. The van der Waals surface area contributed by atoms with Crippen molar-refractivity contribution in [3.63, 3.8) is 0 Å². The van der Waals surface area contributed by atoms with Gasteiger partial charge in [-0.2, -0.15) is 5.10 Å². The minimum atomic E-state index is 0.410. The Bertz CT molecular complexity index is 1080. The zero-order chi connectivity index (χ0) is 22.3. The van der Waals surface area contributed by atoms with E-state index in [1.165, 1.54) is 0 Å². The van der Waals surface area contributed by atoms with Gasteiger partial charge in [0.15, 0.2) is 5.82 Å². The first kappa shape index (κ1) is 21.4. The molecule has 10 heteroatoms. The lowest BCUT2D eigenvalue weighted by molar-refractivity contribution is 0.122. The average Bonchev–Trinajstić information content (AvgIpc) is 3.22. The van der Waals surface area contributed by atoms with Gasteiger partial charge in [0, 0.05) is 31.4 Å². The summed E-state index contributed by atoms with van der Waals surface area (Å²) >= 11 is 0. The first-order valence-electron chi connectivity index (χ1n) is 10.5. The van der Waals surface area contributed by atoms with Crippen LogP contribution >= 0.6 is 0 Å². The summed E-state index contributed by atoms with van der Waals surface area (Å²) in [4.78, 5) is 14.8. The minimum absolute atomic E-state index is 0.410. The molecule has 0 radical (unpaired) electrons. The summed E-state index contributed by atoms with van der Waals surface area (Å²) in [6.07, 6.45) is 1.73. The van der Waals surface area contributed by atoms with Crippen LogP contribution in [-0.4, -0.2) is 59.6 Å². The Morgan fingerprint density at radius 1 is 1.22 bits per heavy atom. The summed E-state index contributed by atoms with van der Waals surface area (Å²) in [5.74, 6) is 3.43. The fraction of sp³-hybridized carbons (Fsp3) is 0.364. The second kappa shape index (κ2) is 9.98. The largest absolute Gasteiger partial charge is 0.490 e. The number of hydrogen-bond acceptors (Lipinski definition) is 8. The van der Waals surface area contributed by atoms with Crippen molar-refractivity contribution in [3.05, 3.63) is 53.1 Å². The third kappa shape index (κ3) is 5.25. The summed E-state index contributed by atoms with van der Waals surface area (Å²) in [5, 5.41) is 13.4. The number of nitrogens with zero attached hydrogens (tertiary/aromatic N) is 5. The van der Waals surface area contributed by atoms with Gasteiger partial charge in [-0.15, -0.1) is 0 Å². The molecule has 4 rings (SSSR count). The highest BCUT2D eigenvalue weighted by Gasteiger charge is 2.13. The number of aromatic amines is 1. The van der Waals surface area contributed by atoms with Crippen LogP contribution in [0.1, 0.15) is 11.3 Å². The van der Waals surface area contributed by atoms with Gasteiger partial charge >= 0.3 is 0 Å². The predicted molar refractivity (Wildman–Crippen MR) is 123 cm³/mol. The highest BCUT2D eigenvalue weighted by molar-refractivity contribution is 5.73. The molecule has 0 amide bonds. The van der Waals surface area contributed by atoms with Crippen LogP contribution < -0.4 is 20.3 Å². The molecule has 0 saturated carbocycles. The molecule has 0 bridgehead atoms. The Balaban J connectivity index is 1.33. The normalized spacial score (nSPS) is 13.5. The van der Waals surface area contributed by atoms with Crippen molar-refractivity contribution in [3.8, 4) is 5.75 Å². The van der Waals surface area contributed by atoms with Crippen molar-refractivity contribution in [2.75, 3.05) is 55.0 Å². The maximum atomic E-state index is 7.50. The highest BCUT2D eigenvalue weighted by atomic mass is 16.5. The van der Waals surface area contributed by atoms with Crippen molar-refractivity contribution in [2.45, 2.75) is 13.8 Å². The Morgan fingerprint density at radius 2 is 2.06 bits per heavy atom. The smallest absolute Gasteiger partial charge is 0.231 e. The van der Waals surface area contributed by atoms with Crippen LogP contribution in [0.15, 0.2) is 30.5 Å². The summed E-state index contributed by atoms with van der Waals surface area (Å²) in [6.45, 7) is 15.4. The van der Waals surface area contributed by atoms with Crippen LogP contribution in [0.2, 0.25) is 0 Å². The first-order valence-corrected chi connectivity index (χ1v) is 10.5. The molecule has 3 N–H and O–H groups in total. The molecule has 0 unspecified atom stereocenters. The van der Waals surface area contributed by atoms with E-state index < -0.39 is 0 Å². The van der Waals surface area contributed by atoms with Gasteiger partial charge in [-0.3, -0.25) is 5.10 Å². The molecule has 0 aliphatic carbocycles. The number of anilines is 4. The molecule has 1 aliphatic rings. The van der Waals surface area contributed by atoms with Crippen molar-refractivity contribution in [1.82, 2.24) is 20.2 Å². The molecule has 10 nitrogen and oxygen atoms in total. The van der Waals surface area contributed by atoms with Crippen LogP contribution in [0.5, 0.6) is 5.75 Å². The molecule has 3 aromatic heterocycles. The van der Waals surface area contributed by atoms with Gasteiger partial charge in [-0.25, -0.2) is 14.8 Å². The van der Waals surface area contributed by atoms with Gasteiger partial charge in [0.1, 0.15) is 29.8 Å². The molecule has 1 fully saturated rings. The number of morpholine rings is 1. The molecule has 0 atom stereocenters. The Labute approximate surface area is 186 Å². The van der Waals surface area contributed by atoms with Crippen LogP contribution in [0.25, 0.3) is 4.85 Å². The van der Waals surface area contributed by atoms with E-state index in [9.17, 15) is 0 Å².